The summed E-state index contributed by atoms with van der Waals surface area (Å²) in [5, 5.41) is 0. The Balaban J connectivity index is 2.17. The average molecular weight is 256 g/mol. The summed E-state index contributed by atoms with van der Waals surface area (Å²) in [7, 11) is 0. The molecule has 0 saturated carbocycles. The van der Waals surface area contributed by atoms with Crippen molar-refractivity contribution in [3.63, 3.8) is 0 Å². The molecule has 0 aromatic heterocycles. The molecule has 0 spiro atoms. The smallest absolute Gasteiger partial charge is 0.309 e. The van der Waals surface area contributed by atoms with E-state index in [0.29, 0.717) is 19.6 Å². The van der Waals surface area contributed by atoms with Crippen LogP contribution in [0.3, 0.4) is 0 Å². The van der Waals surface area contributed by atoms with Crippen molar-refractivity contribution in [3.05, 3.63) is 0 Å². The van der Waals surface area contributed by atoms with Crippen LogP contribution in [-0.2, 0) is 19.1 Å². The normalized spacial score (nSPS) is 22.9. The highest BCUT2D eigenvalue weighted by Crippen LogP contribution is 2.28. The van der Waals surface area contributed by atoms with E-state index in [-0.39, 0.29) is 23.8 Å². The van der Waals surface area contributed by atoms with E-state index in [1.807, 2.05) is 6.92 Å². The number of hydrogen-bond donors (Lipinski definition) is 0. The van der Waals surface area contributed by atoms with Crippen molar-refractivity contribution in [3.8, 4) is 0 Å². The zero-order valence-electron chi connectivity index (χ0n) is 11.4. The number of cyclic esters (lactones) is 1. The predicted octanol–water partition coefficient (Wildman–Crippen LogP) is 2.70. The SMILES string of the molecule is CCCCCCOC(=O)CC1COC(=O)C1CC. The second-order valence-electron chi connectivity index (χ2n) is 4.89. The van der Waals surface area contributed by atoms with Crippen molar-refractivity contribution in [1.82, 2.24) is 0 Å². The molecule has 0 amide bonds. The van der Waals surface area contributed by atoms with E-state index in [9.17, 15) is 9.59 Å². The van der Waals surface area contributed by atoms with Crippen molar-refractivity contribution in [1.29, 1.82) is 0 Å². The van der Waals surface area contributed by atoms with Crippen LogP contribution in [0.5, 0.6) is 0 Å². The highest BCUT2D eigenvalue weighted by molar-refractivity contribution is 5.77. The van der Waals surface area contributed by atoms with Crippen LogP contribution < -0.4 is 0 Å². The van der Waals surface area contributed by atoms with Gasteiger partial charge in [0.1, 0.15) is 0 Å². The summed E-state index contributed by atoms with van der Waals surface area (Å²) in [6.45, 7) is 4.95. The van der Waals surface area contributed by atoms with Gasteiger partial charge in [-0.15, -0.1) is 0 Å². The van der Waals surface area contributed by atoms with Gasteiger partial charge in [-0.25, -0.2) is 0 Å². The van der Waals surface area contributed by atoms with Gasteiger partial charge in [-0.1, -0.05) is 33.1 Å². The Hall–Kier alpha value is -1.06. The minimum atomic E-state index is -0.201. The number of carbonyl (C=O) groups is 2. The van der Waals surface area contributed by atoms with Crippen LogP contribution in [0.25, 0.3) is 0 Å². The third-order valence-electron chi connectivity index (χ3n) is 3.44. The molecule has 0 bridgehead atoms. The molecule has 0 aromatic rings. The van der Waals surface area contributed by atoms with Gasteiger partial charge >= 0.3 is 11.9 Å². The highest BCUT2D eigenvalue weighted by Gasteiger charge is 2.36. The summed E-state index contributed by atoms with van der Waals surface area (Å²) in [4.78, 5) is 23.0. The molecule has 1 rings (SSSR count). The van der Waals surface area contributed by atoms with E-state index in [0.717, 1.165) is 19.3 Å². The maximum atomic E-state index is 11.6. The number of hydrogen-bond acceptors (Lipinski definition) is 4. The first kappa shape index (κ1) is 15.0. The van der Waals surface area contributed by atoms with Crippen molar-refractivity contribution < 1.29 is 19.1 Å². The van der Waals surface area contributed by atoms with Crippen LogP contribution in [-0.4, -0.2) is 25.2 Å². The van der Waals surface area contributed by atoms with Gasteiger partial charge in [0, 0.05) is 5.92 Å². The fourth-order valence-electron chi connectivity index (χ4n) is 2.29. The van der Waals surface area contributed by atoms with Crippen LogP contribution in [0.4, 0.5) is 0 Å². The molecule has 1 heterocycles. The molecule has 1 aliphatic rings. The van der Waals surface area contributed by atoms with Gasteiger partial charge in [0.15, 0.2) is 0 Å². The summed E-state index contributed by atoms with van der Waals surface area (Å²) < 4.78 is 10.2. The minimum absolute atomic E-state index is 0.00522. The van der Waals surface area contributed by atoms with Crippen molar-refractivity contribution in [2.24, 2.45) is 11.8 Å². The van der Waals surface area contributed by atoms with Gasteiger partial charge in [0.25, 0.3) is 0 Å². The summed E-state index contributed by atoms with van der Waals surface area (Å²) >= 11 is 0. The molecular weight excluding hydrogens is 232 g/mol. The van der Waals surface area contributed by atoms with Gasteiger partial charge in [-0.3, -0.25) is 9.59 Å². The molecule has 2 atom stereocenters. The third-order valence-corrected chi connectivity index (χ3v) is 3.44. The predicted molar refractivity (Wildman–Crippen MR) is 67.9 cm³/mol. The van der Waals surface area contributed by atoms with E-state index < -0.39 is 0 Å². The topological polar surface area (TPSA) is 52.6 Å². The fraction of sp³-hybridized carbons (Fsp3) is 0.857. The quantitative estimate of drug-likeness (QED) is 0.495. The standard InChI is InChI=1S/C14H24O4/c1-3-5-6-7-8-17-13(15)9-11-10-18-14(16)12(11)4-2/h11-12H,3-10H2,1-2H3. The number of carbonyl (C=O) groups excluding carboxylic acids is 2. The van der Waals surface area contributed by atoms with E-state index >= 15 is 0 Å². The summed E-state index contributed by atoms with van der Waals surface area (Å²) in [6.07, 6.45) is 5.42. The molecular formula is C14H24O4. The van der Waals surface area contributed by atoms with Crippen molar-refractivity contribution >= 4 is 11.9 Å². The Morgan fingerprint density at radius 3 is 2.78 bits per heavy atom. The second kappa shape index (κ2) is 8.11. The molecule has 2 unspecified atom stereocenters. The number of ether oxygens (including phenoxy) is 2. The monoisotopic (exact) mass is 256 g/mol. The van der Waals surface area contributed by atoms with Gasteiger partial charge in [-0.2, -0.15) is 0 Å². The molecule has 0 radical (unpaired) electrons. The average Bonchev–Trinajstić information content (AvgIpc) is 2.69. The lowest BCUT2D eigenvalue weighted by molar-refractivity contribution is -0.145. The molecule has 0 aromatic carbocycles. The Bertz CT molecular complexity index is 275. The summed E-state index contributed by atoms with van der Waals surface area (Å²) in [5.41, 5.74) is 0. The van der Waals surface area contributed by atoms with E-state index in [1.165, 1.54) is 12.8 Å². The second-order valence-corrected chi connectivity index (χ2v) is 4.89. The largest absolute Gasteiger partial charge is 0.466 e. The molecule has 1 aliphatic heterocycles. The van der Waals surface area contributed by atoms with Crippen LogP contribution in [0, 0.1) is 11.8 Å². The Morgan fingerprint density at radius 1 is 1.33 bits per heavy atom. The van der Waals surface area contributed by atoms with E-state index in [1.54, 1.807) is 0 Å². The van der Waals surface area contributed by atoms with Crippen molar-refractivity contribution in [2.45, 2.75) is 52.4 Å². The molecule has 0 aliphatic carbocycles. The zero-order valence-corrected chi connectivity index (χ0v) is 11.4. The van der Waals surface area contributed by atoms with Gasteiger partial charge in [0.05, 0.1) is 25.6 Å². The zero-order chi connectivity index (χ0) is 13.4. The minimum Gasteiger partial charge on any atom is -0.466 e. The molecule has 104 valence electrons. The maximum absolute atomic E-state index is 11.6. The fourth-order valence-corrected chi connectivity index (χ4v) is 2.29. The Labute approximate surface area is 109 Å². The van der Waals surface area contributed by atoms with Crippen LogP contribution in [0.15, 0.2) is 0 Å². The van der Waals surface area contributed by atoms with E-state index in [4.69, 9.17) is 9.47 Å². The summed E-state index contributed by atoms with van der Waals surface area (Å²) in [6, 6.07) is 0. The first-order valence-electron chi connectivity index (χ1n) is 7.01. The van der Waals surface area contributed by atoms with Gasteiger partial charge < -0.3 is 9.47 Å². The highest BCUT2D eigenvalue weighted by atomic mass is 16.5. The first-order valence-corrected chi connectivity index (χ1v) is 7.01. The van der Waals surface area contributed by atoms with Crippen LogP contribution >= 0.6 is 0 Å². The molecule has 18 heavy (non-hydrogen) atoms. The summed E-state index contributed by atoms with van der Waals surface area (Å²) in [5.74, 6) is -0.491. The molecule has 1 fully saturated rings. The number of unbranched alkanes of at least 4 members (excludes halogenated alkanes) is 3. The van der Waals surface area contributed by atoms with Crippen molar-refractivity contribution in [2.75, 3.05) is 13.2 Å². The lowest BCUT2D eigenvalue weighted by atomic mass is 9.90. The molecule has 4 heteroatoms. The van der Waals surface area contributed by atoms with Gasteiger partial charge in [-0.05, 0) is 12.8 Å². The Morgan fingerprint density at radius 2 is 2.11 bits per heavy atom. The maximum Gasteiger partial charge on any atom is 0.309 e. The molecule has 0 N–H and O–H groups in total. The van der Waals surface area contributed by atoms with Crippen LogP contribution in [0.1, 0.15) is 52.4 Å². The Kier molecular flexibility index (Phi) is 6.76. The third kappa shape index (κ3) is 4.67. The molecule has 4 nitrogen and oxygen atoms in total. The lowest BCUT2D eigenvalue weighted by Crippen LogP contribution is -2.20. The van der Waals surface area contributed by atoms with E-state index in [2.05, 4.69) is 6.92 Å². The van der Waals surface area contributed by atoms with Crippen LogP contribution in [0.2, 0.25) is 0 Å². The lowest BCUT2D eigenvalue weighted by Gasteiger charge is -2.12. The molecule has 1 saturated heterocycles. The first-order chi connectivity index (χ1) is 8.69. The van der Waals surface area contributed by atoms with Gasteiger partial charge in [0.2, 0.25) is 0 Å². The number of esters is 2. The number of rotatable bonds is 8.